The molecule has 1 aromatic heterocycles. The molecular weight excluding hydrogens is 237 g/mol. The molecule has 1 heterocycles. The number of carbonyl (C=O) groups excluding carboxylic acids is 1. The summed E-state index contributed by atoms with van der Waals surface area (Å²) in [7, 11) is 0. The summed E-state index contributed by atoms with van der Waals surface area (Å²) in [4.78, 5) is 17.6. The van der Waals surface area contributed by atoms with E-state index in [2.05, 4.69) is 9.97 Å². The van der Waals surface area contributed by atoms with Crippen molar-refractivity contribution in [3.05, 3.63) is 18.0 Å². The lowest BCUT2D eigenvalue weighted by molar-refractivity contribution is -0.194. The van der Waals surface area contributed by atoms with Gasteiger partial charge >= 0.3 is 12.2 Å². The zero-order chi connectivity index (χ0) is 12.5. The van der Waals surface area contributed by atoms with Gasteiger partial charge < -0.3 is 4.74 Å². The molecule has 0 bridgehead atoms. The molecule has 1 fully saturated rings. The van der Waals surface area contributed by atoms with Crippen LogP contribution in [0.3, 0.4) is 0 Å². The van der Waals surface area contributed by atoms with Crippen LogP contribution in [-0.4, -0.2) is 29.0 Å². The molecule has 0 aromatic carbocycles. The fraction of sp³-hybridized carbons (Fsp3) is 0.500. The fourth-order valence-corrected chi connectivity index (χ4v) is 1.32. The van der Waals surface area contributed by atoms with Crippen molar-refractivity contribution in [3.8, 4) is 6.01 Å². The maximum absolute atomic E-state index is 12.6. The maximum Gasteiger partial charge on any atom is 0.397 e. The molecule has 0 aliphatic heterocycles. The number of aromatic nitrogens is 2. The number of hydrogen-bond acceptors (Lipinski definition) is 4. The molecule has 0 spiro atoms. The van der Waals surface area contributed by atoms with Gasteiger partial charge in [0.2, 0.25) is 0 Å². The summed E-state index contributed by atoms with van der Waals surface area (Å²) in [6.45, 7) is -0.475. The van der Waals surface area contributed by atoms with Gasteiger partial charge in [-0.15, -0.1) is 0 Å². The number of rotatable bonds is 4. The number of halogens is 3. The Morgan fingerprint density at radius 3 is 2.35 bits per heavy atom. The zero-order valence-electron chi connectivity index (χ0n) is 8.70. The third-order valence-electron chi connectivity index (χ3n) is 2.72. The number of alkyl halides is 3. The van der Waals surface area contributed by atoms with Crippen molar-refractivity contribution in [2.45, 2.75) is 19.0 Å². The van der Waals surface area contributed by atoms with Gasteiger partial charge in [0.25, 0.3) is 0 Å². The second kappa shape index (κ2) is 3.97. The highest BCUT2D eigenvalue weighted by Crippen LogP contribution is 2.57. The third kappa shape index (κ3) is 2.37. The average molecular weight is 246 g/mol. The first kappa shape index (κ1) is 11.8. The van der Waals surface area contributed by atoms with Crippen molar-refractivity contribution in [2.75, 3.05) is 6.61 Å². The Balaban J connectivity index is 1.96. The topological polar surface area (TPSA) is 52.1 Å². The fourth-order valence-electron chi connectivity index (χ4n) is 1.32. The van der Waals surface area contributed by atoms with E-state index in [1.54, 1.807) is 0 Å². The lowest BCUT2D eigenvalue weighted by Crippen LogP contribution is -2.30. The van der Waals surface area contributed by atoms with Gasteiger partial charge in [0, 0.05) is 12.4 Å². The molecule has 1 aromatic rings. The number of hydrogen-bond donors (Lipinski definition) is 0. The van der Waals surface area contributed by atoms with Gasteiger partial charge in [-0.25, -0.2) is 9.97 Å². The molecule has 0 unspecified atom stereocenters. The molecule has 0 amide bonds. The Labute approximate surface area is 94.8 Å². The van der Waals surface area contributed by atoms with Crippen LogP contribution in [0.15, 0.2) is 12.4 Å². The molecule has 1 aliphatic rings. The monoisotopic (exact) mass is 246 g/mol. The van der Waals surface area contributed by atoms with E-state index >= 15 is 0 Å². The minimum absolute atomic E-state index is 0.0723. The predicted octanol–water partition coefficient (Wildman–Crippen LogP) is 2.01. The molecule has 1 aliphatic carbocycles. The van der Waals surface area contributed by atoms with E-state index < -0.39 is 18.2 Å². The molecule has 92 valence electrons. The maximum atomic E-state index is 12.6. The Morgan fingerprint density at radius 2 is 1.94 bits per heavy atom. The van der Waals surface area contributed by atoms with Crippen LogP contribution in [0.2, 0.25) is 0 Å². The molecule has 0 saturated heterocycles. The van der Waals surface area contributed by atoms with Gasteiger partial charge in [0.05, 0.1) is 5.56 Å². The predicted molar refractivity (Wildman–Crippen MR) is 50.6 cm³/mol. The first-order chi connectivity index (χ1) is 7.97. The largest absolute Gasteiger partial charge is 0.463 e. The highest BCUT2D eigenvalue weighted by atomic mass is 19.4. The van der Waals surface area contributed by atoms with Gasteiger partial charge in [0.15, 0.2) is 6.29 Å². The van der Waals surface area contributed by atoms with Gasteiger partial charge in [-0.2, -0.15) is 13.2 Å². The first-order valence-electron chi connectivity index (χ1n) is 4.94. The summed E-state index contributed by atoms with van der Waals surface area (Å²) >= 11 is 0. The second-order valence-corrected chi connectivity index (χ2v) is 3.98. The summed E-state index contributed by atoms with van der Waals surface area (Å²) in [6, 6.07) is -0.147. The Morgan fingerprint density at radius 1 is 1.35 bits per heavy atom. The Bertz CT molecular complexity index is 413. The summed E-state index contributed by atoms with van der Waals surface area (Å²) < 4.78 is 42.6. The number of nitrogens with zero attached hydrogens (tertiary/aromatic N) is 2. The first-order valence-corrected chi connectivity index (χ1v) is 4.94. The van der Waals surface area contributed by atoms with Crippen LogP contribution in [0.25, 0.3) is 0 Å². The van der Waals surface area contributed by atoms with Crippen LogP contribution >= 0.6 is 0 Å². The molecule has 0 radical (unpaired) electrons. The van der Waals surface area contributed by atoms with Crippen LogP contribution in [-0.2, 0) is 0 Å². The minimum Gasteiger partial charge on any atom is -0.463 e. The van der Waals surface area contributed by atoms with Crippen LogP contribution in [0.1, 0.15) is 23.2 Å². The smallest absolute Gasteiger partial charge is 0.397 e. The lowest BCUT2D eigenvalue weighted by Gasteiger charge is -2.18. The van der Waals surface area contributed by atoms with E-state index in [0.29, 0.717) is 6.29 Å². The zero-order valence-corrected chi connectivity index (χ0v) is 8.70. The summed E-state index contributed by atoms with van der Waals surface area (Å²) in [6.07, 6.45) is -1.17. The van der Waals surface area contributed by atoms with Crippen molar-refractivity contribution in [3.63, 3.8) is 0 Å². The van der Waals surface area contributed by atoms with E-state index in [9.17, 15) is 18.0 Å². The van der Waals surface area contributed by atoms with E-state index in [1.165, 1.54) is 12.4 Å². The van der Waals surface area contributed by atoms with E-state index in [0.717, 1.165) is 0 Å². The molecule has 2 rings (SSSR count). The van der Waals surface area contributed by atoms with Crippen LogP contribution in [0.5, 0.6) is 6.01 Å². The van der Waals surface area contributed by atoms with E-state index in [-0.39, 0.29) is 24.4 Å². The quantitative estimate of drug-likeness (QED) is 0.762. The van der Waals surface area contributed by atoms with Crippen molar-refractivity contribution < 1.29 is 22.7 Å². The van der Waals surface area contributed by atoms with Crippen molar-refractivity contribution >= 4 is 6.29 Å². The Hall–Kier alpha value is -1.66. The van der Waals surface area contributed by atoms with Crippen LogP contribution in [0, 0.1) is 5.41 Å². The number of aldehydes is 1. The van der Waals surface area contributed by atoms with Gasteiger partial charge in [-0.3, -0.25) is 4.79 Å². The van der Waals surface area contributed by atoms with E-state index in [4.69, 9.17) is 4.74 Å². The van der Waals surface area contributed by atoms with Crippen LogP contribution < -0.4 is 4.74 Å². The van der Waals surface area contributed by atoms with Gasteiger partial charge in [-0.05, 0) is 12.8 Å². The number of carbonyl (C=O) groups is 1. The standard InChI is InChI=1S/C10H9F3N2O2/c11-10(12,13)9(1-2-9)6-17-8-14-3-7(5-16)4-15-8/h3-5H,1-2,6H2. The van der Waals surface area contributed by atoms with Gasteiger partial charge in [-0.1, -0.05) is 0 Å². The molecule has 1 saturated carbocycles. The summed E-state index contributed by atoms with van der Waals surface area (Å²) in [5.74, 6) is 0. The lowest BCUT2D eigenvalue weighted by atomic mass is 10.1. The highest BCUT2D eigenvalue weighted by Gasteiger charge is 2.64. The average Bonchev–Trinajstić information content (AvgIpc) is 3.07. The van der Waals surface area contributed by atoms with E-state index in [1.807, 2.05) is 0 Å². The molecule has 0 atom stereocenters. The minimum atomic E-state index is -4.25. The Kier molecular flexibility index (Phi) is 2.76. The van der Waals surface area contributed by atoms with Crippen molar-refractivity contribution in [2.24, 2.45) is 5.41 Å². The van der Waals surface area contributed by atoms with Crippen LogP contribution in [0.4, 0.5) is 13.2 Å². The molecular formula is C10H9F3N2O2. The normalized spacial score (nSPS) is 17.6. The molecule has 7 heteroatoms. The summed E-state index contributed by atoms with van der Waals surface area (Å²) in [5, 5.41) is 0. The summed E-state index contributed by atoms with van der Waals surface area (Å²) in [5.41, 5.74) is -1.49. The molecule has 17 heavy (non-hydrogen) atoms. The van der Waals surface area contributed by atoms with Crippen molar-refractivity contribution in [1.82, 2.24) is 9.97 Å². The second-order valence-electron chi connectivity index (χ2n) is 3.98. The molecule has 0 N–H and O–H groups in total. The molecule has 4 nitrogen and oxygen atoms in total. The SMILES string of the molecule is O=Cc1cnc(OCC2(C(F)(F)F)CC2)nc1. The van der Waals surface area contributed by atoms with Gasteiger partial charge in [0.1, 0.15) is 12.0 Å². The number of ether oxygens (including phenoxy) is 1. The third-order valence-corrected chi connectivity index (χ3v) is 2.72. The van der Waals surface area contributed by atoms with Crippen molar-refractivity contribution in [1.29, 1.82) is 0 Å². The highest BCUT2D eigenvalue weighted by molar-refractivity contribution is 5.73.